The van der Waals surface area contributed by atoms with Gasteiger partial charge in [0.15, 0.2) is 0 Å². The van der Waals surface area contributed by atoms with Crippen LogP contribution in [0.25, 0.3) is 0 Å². The first-order valence-corrected chi connectivity index (χ1v) is 6.53. The predicted octanol–water partition coefficient (Wildman–Crippen LogP) is 1.38. The molecule has 1 unspecified atom stereocenters. The van der Waals surface area contributed by atoms with E-state index in [2.05, 4.69) is 22.5 Å². The lowest BCUT2D eigenvalue weighted by Gasteiger charge is -2.21. The zero-order valence-corrected chi connectivity index (χ0v) is 12.2. The van der Waals surface area contributed by atoms with Gasteiger partial charge in [-0.2, -0.15) is 0 Å². The molecule has 5 heteroatoms. The molecule has 0 bridgehead atoms. The van der Waals surface area contributed by atoms with E-state index in [1.165, 1.54) is 0 Å². The highest BCUT2D eigenvalue weighted by Crippen LogP contribution is 2.19. The van der Waals surface area contributed by atoms with E-state index in [9.17, 15) is 4.79 Å². The van der Waals surface area contributed by atoms with Crippen molar-refractivity contribution in [2.75, 3.05) is 38.2 Å². The molecule has 0 aromatic heterocycles. The maximum absolute atomic E-state index is 12.0. The van der Waals surface area contributed by atoms with E-state index in [0.717, 1.165) is 12.2 Å². The van der Waals surface area contributed by atoms with Crippen molar-refractivity contribution >= 4 is 17.3 Å². The molecule has 1 rings (SSSR count). The number of nitrogens with two attached hydrogens (primary N) is 1. The number of anilines is 2. The zero-order chi connectivity index (χ0) is 14.4. The first kappa shape index (κ1) is 15.3. The first-order valence-electron chi connectivity index (χ1n) is 6.53. The highest BCUT2D eigenvalue weighted by Gasteiger charge is 2.12. The standard InChI is InChI=1S/C14H24N4O/c1-5-16-14(19)12-7-6-11(15)8-13(12)17-9-10(2)18(3)4/h6-8,10,17H,5,9,15H2,1-4H3,(H,16,19). The quantitative estimate of drug-likeness (QED) is 0.679. The topological polar surface area (TPSA) is 70.4 Å². The second-order valence-corrected chi connectivity index (χ2v) is 4.86. The van der Waals surface area contributed by atoms with E-state index in [1.54, 1.807) is 18.2 Å². The molecule has 1 atom stereocenters. The summed E-state index contributed by atoms with van der Waals surface area (Å²) in [6, 6.07) is 5.66. The molecule has 0 saturated heterocycles. The number of carbonyl (C=O) groups excluding carboxylic acids is 1. The molecule has 106 valence electrons. The molecule has 0 radical (unpaired) electrons. The van der Waals surface area contributed by atoms with E-state index in [0.29, 0.717) is 23.8 Å². The van der Waals surface area contributed by atoms with Crippen molar-refractivity contribution in [3.05, 3.63) is 23.8 Å². The lowest BCUT2D eigenvalue weighted by molar-refractivity contribution is 0.0956. The number of hydrogen-bond acceptors (Lipinski definition) is 4. The molecule has 4 N–H and O–H groups in total. The van der Waals surface area contributed by atoms with Gasteiger partial charge in [-0.15, -0.1) is 0 Å². The average molecular weight is 264 g/mol. The van der Waals surface area contributed by atoms with Gasteiger partial charge in [0.05, 0.1) is 5.56 Å². The van der Waals surface area contributed by atoms with Crippen LogP contribution in [0.3, 0.4) is 0 Å². The van der Waals surface area contributed by atoms with Crippen molar-refractivity contribution in [3.8, 4) is 0 Å². The number of nitrogen functional groups attached to an aromatic ring is 1. The predicted molar refractivity (Wildman–Crippen MR) is 80.5 cm³/mol. The summed E-state index contributed by atoms with van der Waals surface area (Å²) < 4.78 is 0. The van der Waals surface area contributed by atoms with E-state index in [1.807, 2.05) is 21.0 Å². The Kier molecular flexibility index (Phi) is 5.63. The Bertz CT molecular complexity index is 431. The number of benzene rings is 1. The van der Waals surface area contributed by atoms with Crippen LogP contribution < -0.4 is 16.4 Å². The van der Waals surface area contributed by atoms with Crippen LogP contribution in [0.4, 0.5) is 11.4 Å². The van der Waals surface area contributed by atoms with E-state index in [4.69, 9.17) is 5.73 Å². The third-order valence-corrected chi connectivity index (χ3v) is 3.10. The Morgan fingerprint density at radius 2 is 2.11 bits per heavy atom. The molecule has 0 fully saturated rings. The molecule has 1 aromatic carbocycles. The van der Waals surface area contributed by atoms with Gasteiger partial charge in [0.2, 0.25) is 0 Å². The van der Waals surface area contributed by atoms with Crippen LogP contribution in [0.15, 0.2) is 18.2 Å². The third kappa shape index (κ3) is 4.44. The fraction of sp³-hybridized carbons (Fsp3) is 0.500. The minimum Gasteiger partial charge on any atom is -0.399 e. The molecule has 0 heterocycles. The smallest absolute Gasteiger partial charge is 0.253 e. The lowest BCUT2D eigenvalue weighted by Crippen LogP contribution is -2.32. The van der Waals surface area contributed by atoms with Crippen LogP contribution in [0, 0.1) is 0 Å². The fourth-order valence-corrected chi connectivity index (χ4v) is 1.60. The molecule has 0 aliphatic heterocycles. The number of nitrogens with zero attached hydrogens (tertiary/aromatic N) is 1. The normalized spacial score (nSPS) is 12.3. The van der Waals surface area contributed by atoms with Crippen molar-refractivity contribution in [3.63, 3.8) is 0 Å². The van der Waals surface area contributed by atoms with Gasteiger partial charge in [0, 0.05) is 30.5 Å². The highest BCUT2D eigenvalue weighted by molar-refractivity contribution is 6.00. The van der Waals surface area contributed by atoms with Crippen LogP contribution in [0.1, 0.15) is 24.2 Å². The van der Waals surface area contributed by atoms with Crippen molar-refractivity contribution < 1.29 is 4.79 Å². The van der Waals surface area contributed by atoms with E-state index >= 15 is 0 Å². The van der Waals surface area contributed by atoms with Crippen molar-refractivity contribution in [1.29, 1.82) is 0 Å². The summed E-state index contributed by atoms with van der Waals surface area (Å²) in [4.78, 5) is 14.1. The van der Waals surface area contributed by atoms with Gasteiger partial charge >= 0.3 is 0 Å². The lowest BCUT2D eigenvalue weighted by atomic mass is 10.1. The Balaban J connectivity index is 2.85. The van der Waals surface area contributed by atoms with Gasteiger partial charge < -0.3 is 21.3 Å². The van der Waals surface area contributed by atoms with Crippen molar-refractivity contribution in [1.82, 2.24) is 10.2 Å². The molecule has 1 amide bonds. The minimum absolute atomic E-state index is 0.0810. The molecule has 0 aliphatic carbocycles. The summed E-state index contributed by atoms with van der Waals surface area (Å²) in [5, 5.41) is 6.09. The summed E-state index contributed by atoms with van der Waals surface area (Å²) in [7, 11) is 4.05. The summed E-state index contributed by atoms with van der Waals surface area (Å²) in [5.41, 5.74) is 7.84. The third-order valence-electron chi connectivity index (χ3n) is 3.10. The van der Waals surface area contributed by atoms with E-state index < -0.39 is 0 Å². The minimum atomic E-state index is -0.0810. The summed E-state index contributed by atoms with van der Waals surface area (Å²) in [6.07, 6.45) is 0. The maximum atomic E-state index is 12.0. The van der Waals surface area contributed by atoms with Gasteiger partial charge in [-0.1, -0.05) is 0 Å². The number of hydrogen-bond donors (Lipinski definition) is 3. The molecule has 19 heavy (non-hydrogen) atoms. The van der Waals surface area contributed by atoms with Gasteiger partial charge in [-0.05, 0) is 46.1 Å². The van der Waals surface area contributed by atoms with Crippen LogP contribution in [-0.2, 0) is 0 Å². The Morgan fingerprint density at radius 1 is 1.42 bits per heavy atom. The summed E-state index contributed by atoms with van der Waals surface area (Å²) >= 11 is 0. The molecule has 0 spiro atoms. The van der Waals surface area contributed by atoms with Crippen LogP contribution in [-0.4, -0.2) is 44.0 Å². The number of amides is 1. The van der Waals surface area contributed by atoms with E-state index in [-0.39, 0.29) is 5.91 Å². The fourth-order valence-electron chi connectivity index (χ4n) is 1.60. The molecular formula is C14H24N4O. The molecule has 1 aromatic rings. The van der Waals surface area contributed by atoms with Crippen LogP contribution in [0.2, 0.25) is 0 Å². The second kappa shape index (κ2) is 6.99. The molecule has 0 saturated carbocycles. The van der Waals surface area contributed by atoms with Gasteiger partial charge in [-0.25, -0.2) is 0 Å². The zero-order valence-electron chi connectivity index (χ0n) is 12.2. The van der Waals surface area contributed by atoms with Crippen molar-refractivity contribution in [2.45, 2.75) is 19.9 Å². The van der Waals surface area contributed by atoms with Crippen LogP contribution >= 0.6 is 0 Å². The number of nitrogens with one attached hydrogen (secondary N) is 2. The van der Waals surface area contributed by atoms with Gasteiger partial charge in [-0.3, -0.25) is 4.79 Å². The van der Waals surface area contributed by atoms with Crippen LogP contribution in [0.5, 0.6) is 0 Å². The largest absolute Gasteiger partial charge is 0.399 e. The van der Waals surface area contributed by atoms with Gasteiger partial charge in [0.25, 0.3) is 5.91 Å². The number of likely N-dealkylation sites (N-methyl/N-ethyl adjacent to an activating group) is 1. The highest BCUT2D eigenvalue weighted by atomic mass is 16.1. The molecule has 5 nitrogen and oxygen atoms in total. The number of rotatable bonds is 6. The van der Waals surface area contributed by atoms with Crippen molar-refractivity contribution in [2.24, 2.45) is 0 Å². The monoisotopic (exact) mass is 264 g/mol. The average Bonchev–Trinajstić information content (AvgIpc) is 2.36. The second-order valence-electron chi connectivity index (χ2n) is 4.86. The van der Waals surface area contributed by atoms with Gasteiger partial charge in [0.1, 0.15) is 0 Å². The molecule has 0 aliphatic rings. The first-order chi connectivity index (χ1) is 8.95. The number of carbonyl (C=O) groups is 1. The molecular weight excluding hydrogens is 240 g/mol. The Labute approximate surface area is 115 Å². The summed E-state index contributed by atoms with van der Waals surface area (Å²) in [5.74, 6) is -0.0810. The SMILES string of the molecule is CCNC(=O)c1ccc(N)cc1NCC(C)N(C)C. The summed E-state index contributed by atoms with van der Waals surface area (Å²) in [6.45, 7) is 5.38. The maximum Gasteiger partial charge on any atom is 0.253 e. The Hall–Kier alpha value is -1.75. The Morgan fingerprint density at radius 3 is 2.68 bits per heavy atom.